The van der Waals surface area contributed by atoms with Crippen molar-refractivity contribution in [3.8, 4) is 40.4 Å². The van der Waals surface area contributed by atoms with Crippen LogP contribution in [0.4, 0.5) is 5.82 Å². The maximum atomic E-state index is 9.66. The molecule has 1 fully saturated rings. The number of rotatable bonds is 5. The number of hydrogen-bond acceptors (Lipinski definition) is 8. The highest BCUT2D eigenvalue weighted by Crippen LogP contribution is 2.43. The van der Waals surface area contributed by atoms with E-state index in [1.165, 1.54) is 5.56 Å². The van der Waals surface area contributed by atoms with E-state index in [1.54, 1.807) is 12.4 Å². The fourth-order valence-electron chi connectivity index (χ4n) is 3.95. The van der Waals surface area contributed by atoms with Crippen LogP contribution in [0.15, 0.2) is 53.2 Å². The average Bonchev–Trinajstić information content (AvgIpc) is 3.29. The van der Waals surface area contributed by atoms with E-state index in [9.17, 15) is 5.26 Å². The molecule has 0 bridgehead atoms. The maximum Gasteiger partial charge on any atom is 0.270 e. The number of nitriles is 1. The molecule has 1 aliphatic carbocycles. The Bertz CT molecular complexity index is 1350. The van der Waals surface area contributed by atoms with E-state index < -0.39 is 5.41 Å². The molecular weight excluding hydrogens is 414 g/mol. The minimum atomic E-state index is -0.507. The SMILES string of the molecule is CC(C)c1ccc(-c2nnc(-c3nc(-c4ccnc(C5(C#N)CCC5)c4)cnc3N)o2)cc1. The minimum absolute atomic E-state index is 0.200. The van der Waals surface area contributed by atoms with Gasteiger partial charge < -0.3 is 10.2 Å². The molecule has 0 spiro atoms. The zero-order chi connectivity index (χ0) is 23.0. The lowest BCUT2D eigenvalue weighted by Crippen LogP contribution is -2.33. The monoisotopic (exact) mass is 437 g/mol. The van der Waals surface area contributed by atoms with E-state index in [-0.39, 0.29) is 11.7 Å². The summed E-state index contributed by atoms with van der Waals surface area (Å²) in [5.74, 6) is 1.23. The molecule has 0 atom stereocenters. The van der Waals surface area contributed by atoms with Crippen LogP contribution in [0.5, 0.6) is 0 Å². The van der Waals surface area contributed by atoms with Gasteiger partial charge in [0.25, 0.3) is 5.89 Å². The van der Waals surface area contributed by atoms with Gasteiger partial charge in [0.2, 0.25) is 5.89 Å². The molecule has 1 saturated carbocycles. The first kappa shape index (κ1) is 20.8. The quantitative estimate of drug-likeness (QED) is 0.467. The van der Waals surface area contributed by atoms with Crippen molar-refractivity contribution in [3.05, 3.63) is 60.0 Å². The largest absolute Gasteiger partial charge is 0.414 e. The van der Waals surface area contributed by atoms with Crippen molar-refractivity contribution in [1.29, 1.82) is 5.26 Å². The highest BCUT2D eigenvalue weighted by atomic mass is 16.4. The maximum absolute atomic E-state index is 9.66. The predicted molar refractivity (Wildman–Crippen MR) is 124 cm³/mol. The molecule has 8 heteroatoms. The second-order valence-corrected chi connectivity index (χ2v) is 8.66. The fourth-order valence-corrected chi connectivity index (χ4v) is 3.95. The average molecular weight is 438 g/mol. The molecule has 1 aliphatic rings. The molecule has 3 heterocycles. The molecule has 4 aromatic rings. The van der Waals surface area contributed by atoms with Gasteiger partial charge in [-0.3, -0.25) is 4.98 Å². The number of anilines is 1. The molecule has 33 heavy (non-hydrogen) atoms. The number of nitrogens with two attached hydrogens (primary N) is 1. The van der Waals surface area contributed by atoms with Crippen LogP contribution in [-0.4, -0.2) is 25.1 Å². The Hall–Kier alpha value is -4.12. The second-order valence-electron chi connectivity index (χ2n) is 8.66. The first-order valence-corrected chi connectivity index (χ1v) is 10.9. The fraction of sp³-hybridized carbons (Fsp3) is 0.280. The Morgan fingerprint density at radius 2 is 1.79 bits per heavy atom. The molecule has 3 aromatic heterocycles. The van der Waals surface area contributed by atoms with Crippen molar-refractivity contribution in [3.63, 3.8) is 0 Å². The summed E-state index contributed by atoms with van der Waals surface area (Å²) in [4.78, 5) is 13.4. The van der Waals surface area contributed by atoms with Gasteiger partial charge in [0, 0.05) is 17.3 Å². The number of nitrogen functional groups attached to an aromatic ring is 1. The van der Waals surface area contributed by atoms with Crippen LogP contribution in [0.25, 0.3) is 34.3 Å². The lowest BCUT2D eigenvalue weighted by molar-refractivity contribution is 0.316. The summed E-state index contributed by atoms with van der Waals surface area (Å²) in [7, 11) is 0. The number of benzene rings is 1. The van der Waals surface area contributed by atoms with Crippen LogP contribution >= 0.6 is 0 Å². The van der Waals surface area contributed by atoms with Gasteiger partial charge in [-0.1, -0.05) is 26.0 Å². The molecule has 164 valence electrons. The van der Waals surface area contributed by atoms with Crippen molar-refractivity contribution in [2.45, 2.75) is 44.4 Å². The Balaban J connectivity index is 1.48. The lowest BCUT2D eigenvalue weighted by Gasteiger charge is -2.34. The molecule has 0 saturated heterocycles. The van der Waals surface area contributed by atoms with E-state index in [4.69, 9.17) is 10.2 Å². The second kappa shape index (κ2) is 8.10. The van der Waals surface area contributed by atoms with Crippen molar-refractivity contribution in [2.24, 2.45) is 0 Å². The van der Waals surface area contributed by atoms with Crippen molar-refractivity contribution in [2.75, 3.05) is 5.73 Å². The molecule has 2 N–H and O–H groups in total. The topological polar surface area (TPSA) is 127 Å². The summed E-state index contributed by atoms with van der Waals surface area (Å²) in [5, 5.41) is 18.0. The van der Waals surface area contributed by atoms with Crippen molar-refractivity contribution >= 4 is 5.82 Å². The number of aromatic nitrogens is 5. The molecule has 0 unspecified atom stereocenters. The van der Waals surface area contributed by atoms with Gasteiger partial charge in [-0.25, -0.2) is 9.97 Å². The van der Waals surface area contributed by atoms with E-state index in [1.807, 2.05) is 24.3 Å². The first-order chi connectivity index (χ1) is 16.0. The van der Waals surface area contributed by atoms with Gasteiger partial charge in [-0.05, 0) is 55.0 Å². The van der Waals surface area contributed by atoms with E-state index in [0.717, 1.165) is 36.1 Å². The third-order valence-electron chi connectivity index (χ3n) is 6.22. The molecule has 5 rings (SSSR count). The number of pyridine rings is 1. The van der Waals surface area contributed by atoms with Crippen molar-refractivity contribution < 1.29 is 4.42 Å². The van der Waals surface area contributed by atoms with Crippen LogP contribution in [-0.2, 0) is 5.41 Å². The van der Waals surface area contributed by atoms with Crippen LogP contribution in [0.1, 0.15) is 50.3 Å². The Morgan fingerprint density at radius 3 is 2.45 bits per heavy atom. The highest BCUT2D eigenvalue weighted by molar-refractivity contribution is 5.69. The number of hydrogen-bond donors (Lipinski definition) is 1. The van der Waals surface area contributed by atoms with Gasteiger partial charge in [-0.2, -0.15) is 5.26 Å². The molecule has 8 nitrogen and oxygen atoms in total. The zero-order valence-electron chi connectivity index (χ0n) is 18.5. The predicted octanol–water partition coefficient (Wildman–Crippen LogP) is 4.91. The third kappa shape index (κ3) is 3.72. The third-order valence-corrected chi connectivity index (χ3v) is 6.22. The van der Waals surface area contributed by atoms with Gasteiger partial charge in [0.05, 0.1) is 29.1 Å². The Morgan fingerprint density at radius 1 is 1.03 bits per heavy atom. The van der Waals surface area contributed by atoms with Crippen molar-refractivity contribution in [1.82, 2.24) is 25.1 Å². The summed E-state index contributed by atoms with van der Waals surface area (Å²) in [6, 6.07) is 14.2. The van der Waals surface area contributed by atoms with Crippen LogP contribution in [0.2, 0.25) is 0 Å². The van der Waals surface area contributed by atoms with E-state index in [2.05, 4.69) is 57.2 Å². The summed E-state index contributed by atoms with van der Waals surface area (Å²) in [5.41, 5.74) is 10.1. The summed E-state index contributed by atoms with van der Waals surface area (Å²) in [6.45, 7) is 4.29. The van der Waals surface area contributed by atoms with Crippen LogP contribution < -0.4 is 5.73 Å². The van der Waals surface area contributed by atoms with E-state index >= 15 is 0 Å². The summed E-state index contributed by atoms with van der Waals surface area (Å²) >= 11 is 0. The lowest BCUT2D eigenvalue weighted by atomic mass is 9.67. The van der Waals surface area contributed by atoms with Gasteiger partial charge in [0.15, 0.2) is 11.5 Å². The zero-order valence-corrected chi connectivity index (χ0v) is 18.5. The van der Waals surface area contributed by atoms with Gasteiger partial charge in [0.1, 0.15) is 0 Å². The molecule has 0 aliphatic heterocycles. The van der Waals surface area contributed by atoms with E-state index in [0.29, 0.717) is 23.2 Å². The number of nitrogens with zero attached hydrogens (tertiary/aromatic N) is 6. The Labute approximate surface area is 191 Å². The first-order valence-electron chi connectivity index (χ1n) is 10.9. The van der Waals surface area contributed by atoms with Gasteiger partial charge in [-0.15, -0.1) is 10.2 Å². The van der Waals surface area contributed by atoms with Crippen LogP contribution in [0, 0.1) is 11.3 Å². The summed E-state index contributed by atoms with van der Waals surface area (Å²) in [6.07, 6.45) is 5.97. The van der Waals surface area contributed by atoms with Crippen LogP contribution in [0.3, 0.4) is 0 Å². The molecule has 0 radical (unpaired) electrons. The Kier molecular flexibility index (Phi) is 5.09. The highest BCUT2D eigenvalue weighted by Gasteiger charge is 2.40. The standard InChI is InChI=1S/C25H23N7O/c1-15(2)16-4-6-17(7-5-16)23-31-32-24(33-23)21-22(27)29-13-19(30-21)18-8-11-28-20(12-18)25(14-26)9-3-10-25/h4-8,11-13,15H,3,9-10H2,1-2H3,(H2,27,29). The minimum Gasteiger partial charge on any atom is -0.414 e. The normalized spacial score (nSPS) is 14.6. The molecular formula is C25H23N7O. The summed E-state index contributed by atoms with van der Waals surface area (Å²) < 4.78 is 5.89. The molecule has 0 amide bonds. The van der Waals surface area contributed by atoms with Gasteiger partial charge >= 0.3 is 0 Å². The smallest absolute Gasteiger partial charge is 0.270 e. The molecule has 1 aromatic carbocycles.